The van der Waals surface area contributed by atoms with Crippen molar-refractivity contribution in [3.8, 4) is 0 Å². The number of hydrogen-bond acceptors (Lipinski definition) is 5. The molecular formula is C17H18N4O3S. The maximum absolute atomic E-state index is 12.3. The van der Waals surface area contributed by atoms with E-state index in [0.717, 1.165) is 17.0 Å². The second-order valence-corrected chi connectivity index (χ2v) is 6.89. The van der Waals surface area contributed by atoms with E-state index in [1.54, 1.807) is 24.3 Å². The zero-order valence-electron chi connectivity index (χ0n) is 13.9. The summed E-state index contributed by atoms with van der Waals surface area (Å²) in [5.74, 6) is -1.18. The molecule has 25 heavy (non-hydrogen) atoms. The highest BCUT2D eigenvalue weighted by atomic mass is 32.1. The van der Waals surface area contributed by atoms with E-state index in [1.807, 2.05) is 13.8 Å². The summed E-state index contributed by atoms with van der Waals surface area (Å²) in [6.45, 7) is 3.94. The van der Waals surface area contributed by atoms with Crippen LogP contribution < -0.4 is 16.0 Å². The van der Waals surface area contributed by atoms with Gasteiger partial charge >= 0.3 is 0 Å². The molecule has 0 aliphatic carbocycles. The number of rotatable bonds is 4. The predicted molar refractivity (Wildman–Crippen MR) is 95.8 cm³/mol. The molecule has 3 rings (SSSR count). The Hall–Kier alpha value is -2.74. The highest BCUT2D eigenvalue weighted by Crippen LogP contribution is 2.23. The third-order valence-corrected chi connectivity index (χ3v) is 4.84. The first kappa shape index (κ1) is 17.1. The molecule has 0 unspecified atom stereocenters. The summed E-state index contributed by atoms with van der Waals surface area (Å²) in [6, 6.07) is 5.79. The Balaban J connectivity index is 1.69. The van der Waals surface area contributed by atoms with Crippen molar-refractivity contribution in [2.24, 2.45) is 0 Å². The Labute approximate surface area is 148 Å². The molecule has 7 nitrogen and oxygen atoms in total. The number of fused-ring (bicyclic) bond motifs is 1. The van der Waals surface area contributed by atoms with Gasteiger partial charge in [-0.2, -0.15) is 0 Å². The molecule has 0 radical (unpaired) electrons. The van der Waals surface area contributed by atoms with Gasteiger partial charge in [0.15, 0.2) is 5.13 Å². The first-order valence-electron chi connectivity index (χ1n) is 7.94. The number of benzene rings is 1. The summed E-state index contributed by atoms with van der Waals surface area (Å²) >= 11 is 1.39. The summed E-state index contributed by atoms with van der Waals surface area (Å²) in [7, 11) is 0. The van der Waals surface area contributed by atoms with Crippen molar-refractivity contribution in [1.29, 1.82) is 0 Å². The number of aryl methyl sites for hydroxylation is 2. The van der Waals surface area contributed by atoms with Gasteiger partial charge in [-0.3, -0.25) is 14.4 Å². The second kappa shape index (κ2) is 7.02. The molecule has 0 spiro atoms. The Morgan fingerprint density at radius 1 is 1.32 bits per heavy atom. The number of thiazole rings is 1. The number of nitrogens with zero attached hydrogens (tertiary/aromatic N) is 1. The molecule has 1 aliphatic rings. The molecule has 0 fully saturated rings. The van der Waals surface area contributed by atoms with Crippen LogP contribution in [0.2, 0.25) is 0 Å². The van der Waals surface area contributed by atoms with E-state index in [1.165, 1.54) is 11.3 Å². The lowest BCUT2D eigenvalue weighted by atomic mass is 10.1. The van der Waals surface area contributed by atoms with Crippen LogP contribution in [0.15, 0.2) is 24.3 Å². The van der Waals surface area contributed by atoms with Crippen molar-refractivity contribution >= 4 is 39.9 Å². The van der Waals surface area contributed by atoms with E-state index in [9.17, 15) is 14.4 Å². The number of hydrogen-bond donors (Lipinski definition) is 3. The van der Waals surface area contributed by atoms with E-state index in [-0.39, 0.29) is 18.2 Å². The van der Waals surface area contributed by atoms with Crippen molar-refractivity contribution in [2.45, 2.75) is 32.7 Å². The molecule has 130 valence electrons. The lowest BCUT2D eigenvalue weighted by Gasteiger charge is -2.13. The Kier molecular flexibility index (Phi) is 4.80. The minimum atomic E-state index is -0.938. The smallest absolute Gasteiger partial charge is 0.254 e. The highest BCUT2D eigenvalue weighted by molar-refractivity contribution is 7.15. The molecule has 1 aliphatic heterocycles. The highest BCUT2D eigenvalue weighted by Gasteiger charge is 2.29. The Morgan fingerprint density at radius 3 is 2.80 bits per heavy atom. The van der Waals surface area contributed by atoms with E-state index >= 15 is 0 Å². The SMILES string of the molecule is CCc1nc(NC(=O)C[C@H]2NC(=O)c3ccccc3NC2=O)sc1C. The summed E-state index contributed by atoms with van der Waals surface area (Å²) in [6.07, 6.45) is 0.628. The van der Waals surface area contributed by atoms with Crippen LogP contribution in [-0.2, 0) is 16.0 Å². The van der Waals surface area contributed by atoms with Crippen LogP contribution in [0.5, 0.6) is 0 Å². The molecule has 0 saturated carbocycles. The lowest BCUT2D eigenvalue weighted by molar-refractivity contribution is -0.122. The molecule has 1 aromatic carbocycles. The lowest BCUT2D eigenvalue weighted by Crippen LogP contribution is -2.43. The Bertz CT molecular complexity index is 846. The molecule has 2 aromatic rings. The van der Waals surface area contributed by atoms with Crippen molar-refractivity contribution in [2.75, 3.05) is 10.6 Å². The summed E-state index contributed by atoms with van der Waals surface area (Å²) in [4.78, 5) is 42.2. The van der Waals surface area contributed by atoms with Crippen LogP contribution in [0.1, 0.15) is 34.3 Å². The van der Waals surface area contributed by atoms with Crippen LogP contribution in [0, 0.1) is 6.92 Å². The fourth-order valence-corrected chi connectivity index (χ4v) is 3.54. The molecule has 8 heteroatoms. The van der Waals surface area contributed by atoms with Gasteiger partial charge in [0.05, 0.1) is 23.4 Å². The van der Waals surface area contributed by atoms with Gasteiger partial charge < -0.3 is 16.0 Å². The van der Waals surface area contributed by atoms with Gasteiger partial charge in [0.2, 0.25) is 11.8 Å². The zero-order valence-corrected chi connectivity index (χ0v) is 14.7. The van der Waals surface area contributed by atoms with Gasteiger partial charge in [-0.05, 0) is 25.5 Å². The van der Waals surface area contributed by atoms with Crippen molar-refractivity contribution < 1.29 is 14.4 Å². The fourth-order valence-electron chi connectivity index (χ4n) is 2.62. The van der Waals surface area contributed by atoms with Crippen LogP contribution in [0.3, 0.4) is 0 Å². The average molecular weight is 358 g/mol. The second-order valence-electron chi connectivity index (χ2n) is 5.69. The monoisotopic (exact) mass is 358 g/mol. The number of carbonyl (C=O) groups excluding carboxylic acids is 3. The first-order chi connectivity index (χ1) is 12.0. The zero-order chi connectivity index (χ0) is 18.0. The van der Waals surface area contributed by atoms with Crippen LogP contribution in [0.25, 0.3) is 0 Å². The molecule has 0 bridgehead atoms. The predicted octanol–water partition coefficient (Wildman–Crippen LogP) is 2.09. The van der Waals surface area contributed by atoms with Crippen LogP contribution in [0.4, 0.5) is 10.8 Å². The number of nitrogens with one attached hydrogen (secondary N) is 3. The molecular weight excluding hydrogens is 340 g/mol. The number of para-hydroxylation sites is 1. The molecule has 1 atom stereocenters. The first-order valence-corrected chi connectivity index (χ1v) is 8.76. The normalized spacial score (nSPS) is 16.5. The van der Waals surface area contributed by atoms with Gasteiger partial charge in [-0.25, -0.2) is 4.98 Å². The number of anilines is 2. The quantitative estimate of drug-likeness (QED) is 0.779. The molecule has 2 heterocycles. The number of amides is 3. The summed E-state index contributed by atoms with van der Waals surface area (Å²) in [5, 5.41) is 8.48. The van der Waals surface area contributed by atoms with Crippen molar-refractivity contribution in [3.05, 3.63) is 40.4 Å². The van der Waals surface area contributed by atoms with E-state index in [0.29, 0.717) is 16.4 Å². The molecule has 1 aromatic heterocycles. The van der Waals surface area contributed by atoms with Gasteiger partial charge in [-0.15, -0.1) is 11.3 Å². The molecule has 3 N–H and O–H groups in total. The number of aromatic nitrogens is 1. The molecule has 0 saturated heterocycles. The fraction of sp³-hybridized carbons (Fsp3) is 0.294. The maximum atomic E-state index is 12.3. The standard InChI is InChI=1S/C17H18N4O3S/c1-3-11-9(2)25-17(20-11)21-14(22)8-13-16(24)18-12-7-5-4-6-10(12)15(23)19-13/h4-7,13H,3,8H2,1-2H3,(H,18,24)(H,19,23)(H,20,21,22)/t13-/m1/s1. The largest absolute Gasteiger partial charge is 0.340 e. The van der Waals surface area contributed by atoms with Gasteiger partial charge in [0.1, 0.15) is 6.04 Å². The number of carbonyl (C=O) groups is 3. The topological polar surface area (TPSA) is 100 Å². The van der Waals surface area contributed by atoms with Gasteiger partial charge in [0.25, 0.3) is 5.91 Å². The minimum absolute atomic E-state index is 0.161. The van der Waals surface area contributed by atoms with E-state index in [4.69, 9.17) is 0 Å². The third kappa shape index (κ3) is 3.69. The third-order valence-electron chi connectivity index (χ3n) is 3.91. The summed E-state index contributed by atoms with van der Waals surface area (Å²) < 4.78 is 0. The van der Waals surface area contributed by atoms with Gasteiger partial charge in [-0.1, -0.05) is 19.1 Å². The van der Waals surface area contributed by atoms with Crippen LogP contribution in [-0.4, -0.2) is 28.7 Å². The Morgan fingerprint density at radius 2 is 2.08 bits per heavy atom. The van der Waals surface area contributed by atoms with E-state index < -0.39 is 11.9 Å². The van der Waals surface area contributed by atoms with E-state index in [2.05, 4.69) is 20.9 Å². The van der Waals surface area contributed by atoms with Crippen molar-refractivity contribution in [1.82, 2.24) is 10.3 Å². The van der Waals surface area contributed by atoms with Gasteiger partial charge in [0, 0.05) is 4.88 Å². The minimum Gasteiger partial charge on any atom is -0.340 e. The van der Waals surface area contributed by atoms with Crippen LogP contribution >= 0.6 is 11.3 Å². The van der Waals surface area contributed by atoms with Crippen molar-refractivity contribution in [3.63, 3.8) is 0 Å². The maximum Gasteiger partial charge on any atom is 0.254 e. The molecule has 3 amide bonds. The summed E-state index contributed by atoms with van der Waals surface area (Å²) in [5.41, 5.74) is 1.76. The average Bonchev–Trinajstić information content (AvgIpc) is 2.88.